The minimum atomic E-state index is -0.349. The summed E-state index contributed by atoms with van der Waals surface area (Å²) in [6, 6.07) is 6.71. The number of hydrogen-bond acceptors (Lipinski definition) is 5. The van der Waals surface area contributed by atoms with Gasteiger partial charge in [-0.05, 0) is 64.5 Å². The molecular weight excluding hydrogens is 370 g/mol. The van der Waals surface area contributed by atoms with Gasteiger partial charge < -0.3 is 20.1 Å². The Morgan fingerprint density at radius 2 is 1.83 bits per heavy atom. The smallest absolute Gasteiger partial charge is 0.287 e. The molecular formula is C21H27N5O3. The maximum atomic E-state index is 12.9. The maximum Gasteiger partial charge on any atom is 0.287 e. The number of aromatic nitrogens is 2. The van der Waals surface area contributed by atoms with E-state index >= 15 is 0 Å². The minimum Gasteiger partial charge on any atom is -0.348 e. The highest BCUT2D eigenvalue weighted by Gasteiger charge is 2.27. The first-order chi connectivity index (χ1) is 13.9. The third kappa shape index (κ3) is 4.89. The highest BCUT2D eigenvalue weighted by molar-refractivity contribution is 6.05. The molecule has 0 atom stereocenters. The number of anilines is 1. The van der Waals surface area contributed by atoms with Gasteiger partial charge in [-0.1, -0.05) is 0 Å². The number of benzene rings is 1. The molecule has 0 aliphatic carbocycles. The van der Waals surface area contributed by atoms with E-state index < -0.39 is 0 Å². The molecule has 8 heteroatoms. The zero-order valence-corrected chi connectivity index (χ0v) is 17.1. The quantitative estimate of drug-likeness (QED) is 0.697. The largest absolute Gasteiger partial charge is 0.348 e. The van der Waals surface area contributed by atoms with E-state index in [1.54, 1.807) is 24.3 Å². The number of carbonyl (C=O) groups excluding carboxylic acids is 3. The van der Waals surface area contributed by atoms with Crippen LogP contribution in [-0.2, 0) is 13.0 Å². The topological polar surface area (TPSA) is 96.3 Å². The summed E-state index contributed by atoms with van der Waals surface area (Å²) in [6.45, 7) is 3.41. The third-order valence-electron chi connectivity index (χ3n) is 4.93. The van der Waals surface area contributed by atoms with Crippen LogP contribution in [0.1, 0.15) is 56.9 Å². The Hall–Kier alpha value is -3.00. The monoisotopic (exact) mass is 397 g/mol. The highest BCUT2D eigenvalue weighted by Crippen LogP contribution is 2.22. The normalized spacial score (nSPS) is 13.1. The predicted octanol–water partition coefficient (Wildman–Crippen LogP) is 1.97. The summed E-state index contributed by atoms with van der Waals surface area (Å²) in [5.74, 6) is -0.357. The Morgan fingerprint density at radius 1 is 1.10 bits per heavy atom. The van der Waals surface area contributed by atoms with Gasteiger partial charge in [0, 0.05) is 30.9 Å². The Balaban J connectivity index is 1.79. The van der Waals surface area contributed by atoms with Crippen molar-refractivity contribution in [3.8, 4) is 0 Å². The number of nitrogens with one attached hydrogen (secondary N) is 2. The molecule has 8 nitrogen and oxygen atoms in total. The number of likely N-dealkylation sites (N-methyl/N-ethyl adjacent to an activating group) is 1. The van der Waals surface area contributed by atoms with Crippen molar-refractivity contribution in [1.82, 2.24) is 19.8 Å². The fourth-order valence-electron chi connectivity index (χ4n) is 3.35. The molecule has 0 saturated heterocycles. The second kappa shape index (κ2) is 9.00. The molecule has 1 aliphatic heterocycles. The van der Waals surface area contributed by atoms with Gasteiger partial charge in [-0.15, -0.1) is 0 Å². The minimum absolute atomic E-state index is 0.0315. The van der Waals surface area contributed by atoms with Crippen molar-refractivity contribution in [2.45, 2.75) is 32.7 Å². The zero-order valence-electron chi connectivity index (χ0n) is 17.1. The Kier molecular flexibility index (Phi) is 6.43. The van der Waals surface area contributed by atoms with Gasteiger partial charge in [-0.2, -0.15) is 0 Å². The van der Waals surface area contributed by atoms with Crippen LogP contribution in [0.2, 0.25) is 0 Å². The first-order valence-electron chi connectivity index (χ1n) is 9.81. The molecule has 2 aromatic rings. The van der Waals surface area contributed by atoms with E-state index in [0.29, 0.717) is 30.8 Å². The van der Waals surface area contributed by atoms with Crippen LogP contribution in [0.4, 0.5) is 5.69 Å². The summed E-state index contributed by atoms with van der Waals surface area (Å²) in [4.78, 5) is 43.3. The van der Waals surface area contributed by atoms with Crippen molar-refractivity contribution >= 4 is 23.3 Å². The average Bonchev–Trinajstić information content (AvgIpc) is 3.08. The summed E-state index contributed by atoms with van der Waals surface area (Å²) < 4.78 is 1.86. The van der Waals surface area contributed by atoms with Gasteiger partial charge in [0.1, 0.15) is 0 Å². The van der Waals surface area contributed by atoms with E-state index in [0.717, 1.165) is 25.1 Å². The van der Waals surface area contributed by atoms with E-state index in [-0.39, 0.29) is 29.1 Å². The summed E-state index contributed by atoms with van der Waals surface area (Å²) in [6.07, 6.45) is 2.62. The molecule has 0 fully saturated rings. The molecule has 2 heterocycles. The van der Waals surface area contributed by atoms with Crippen molar-refractivity contribution in [3.05, 3.63) is 47.0 Å². The molecule has 0 radical (unpaired) electrons. The molecule has 29 heavy (non-hydrogen) atoms. The molecule has 0 saturated carbocycles. The van der Waals surface area contributed by atoms with E-state index in [2.05, 4.69) is 15.6 Å². The van der Waals surface area contributed by atoms with Gasteiger partial charge in [0.15, 0.2) is 17.3 Å². The molecule has 2 amide bonds. The molecule has 154 valence electrons. The number of hydrogen-bond donors (Lipinski definition) is 2. The number of amides is 2. The number of rotatable bonds is 7. The van der Waals surface area contributed by atoms with Crippen LogP contribution in [0.5, 0.6) is 0 Å². The van der Waals surface area contributed by atoms with Crippen molar-refractivity contribution in [1.29, 1.82) is 0 Å². The molecule has 1 aromatic heterocycles. The van der Waals surface area contributed by atoms with Crippen LogP contribution in [0, 0.1) is 0 Å². The lowest BCUT2D eigenvalue weighted by molar-refractivity contribution is 0.0934. The van der Waals surface area contributed by atoms with Crippen LogP contribution in [-0.4, -0.2) is 59.2 Å². The van der Waals surface area contributed by atoms with Gasteiger partial charge in [0.25, 0.3) is 11.8 Å². The van der Waals surface area contributed by atoms with E-state index in [1.807, 2.05) is 23.6 Å². The number of ketones is 1. The molecule has 2 N–H and O–H groups in total. The zero-order chi connectivity index (χ0) is 21.0. The molecule has 3 rings (SSSR count). The molecule has 1 aromatic carbocycles. The van der Waals surface area contributed by atoms with Crippen molar-refractivity contribution < 1.29 is 14.4 Å². The first-order valence-corrected chi connectivity index (χ1v) is 9.81. The number of carbonyl (C=O) groups is 3. The van der Waals surface area contributed by atoms with Crippen LogP contribution in [0.25, 0.3) is 0 Å². The number of imidazole rings is 1. The van der Waals surface area contributed by atoms with Crippen molar-refractivity contribution in [2.75, 3.05) is 32.5 Å². The summed E-state index contributed by atoms with van der Waals surface area (Å²) >= 11 is 0. The van der Waals surface area contributed by atoms with Crippen LogP contribution >= 0.6 is 0 Å². The van der Waals surface area contributed by atoms with E-state index in [1.165, 1.54) is 6.92 Å². The van der Waals surface area contributed by atoms with Gasteiger partial charge >= 0.3 is 0 Å². The van der Waals surface area contributed by atoms with Gasteiger partial charge in [0.05, 0.1) is 5.69 Å². The second-order valence-corrected chi connectivity index (χ2v) is 7.49. The Morgan fingerprint density at radius 3 is 2.48 bits per heavy atom. The maximum absolute atomic E-state index is 12.9. The molecule has 0 bridgehead atoms. The van der Waals surface area contributed by atoms with Crippen molar-refractivity contribution in [2.24, 2.45) is 0 Å². The highest BCUT2D eigenvalue weighted by atomic mass is 16.2. The fraction of sp³-hybridized carbons (Fsp3) is 0.429. The lowest BCUT2D eigenvalue weighted by Gasteiger charge is -2.17. The molecule has 1 aliphatic rings. The average molecular weight is 397 g/mol. The molecule has 0 spiro atoms. The lowest BCUT2D eigenvalue weighted by atomic mass is 10.1. The van der Waals surface area contributed by atoms with E-state index in [4.69, 9.17) is 0 Å². The lowest BCUT2D eigenvalue weighted by Crippen LogP contribution is -2.33. The summed E-state index contributed by atoms with van der Waals surface area (Å²) in [7, 11) is 3.88. The Labute approximate surface area is 170 Å². The first kappa shape index (κ1) is 20.7. The fourth-order valence-corrected chi connectivity index (χ4v) is 3.35. The van der Waals surface area contributed by atoms with E-state index in [9.17, 15) is 14.4 Å². The standard InChI is InChI=1S/C21H27N5O3/c1-14(27)15-7-9-16(10-8-15)23-20(28)18-17-6-4-5-12-26(17)19(24-18)21(29)22-11-13-25(2)3/h7-10H,4-6,11-13H2,1-3H3,(H,22,29)(H,23,28). The number of nitrogens with zero attached hydrogens (tertiary/aromatic N) is 3. The van der Waals surface area contributed by atoms with Crippen LogP contribution in [0.15, 0.2) is 24.3 Å². The SMILES string of the molecule is CC(=O)c1ccc(NC(=O)c2nc(C(=O)NCCN(C)C)n3c2CCCC3)cc1. The van der Waals surface area contributed by atoms with Crippen LogP contribution in [0.3, 0.4) is 0 Å². The Bertz CT molecular complexity index is 915. The summed E-state index contributed by atoms with van der Waals surface area (Å²) in [5.41, 5.74) is 2.25. The van der Waals surface area contributed by atoms with Gasteiger partial charge in [-0.25, -0.2) is 4.98 Å². The number of Topliss-reactive ketones (excluding diaryl/α,β-unsaturated/α-hetero) is 1. The van der Waals surface area contributed by atoms with Gasteiger partial charge in [0.2, 0.25) is 0 Å². The predicted molar refractivity (Wildman–Crippen MR) is 110 cm³/mol. The number of fused-ring (bicyclic) bond motifs is 1. The second-order valence-electron chi connectivity index (χ2n) is 7.49. The third-order valence-corrected chi connectivity index (χ3v) is 4.93. The van der Waals surface area contributed by atoms with Gasteiger partial charge in [-0.3, -0.25) is 14.4 Å². The summed E-state index contributed by atoms with van der Waals surface area (Å²) in [5, 5.41) is 5.69. The van der Waals surface area contributed by atoms with Crippen LogP contribution < -0.4 is 10.6 Å². The van der Waals surface area contributed by atoms with Crippen molar-refractivity contribution in [3.63, 3.8) is 0 Å². The molecule has 0 unspecified atom stereocenters.